The summed E-state index contributed by atoms with van der Waals surface area (Å²) in [7, 11) is -3.94. The van der Waals surface area contributed by atoms with Gasteiger partial charge in [-0.15, -0.1) is 0 Å². The summed E-state index contributed by atoms with van der Waals surface area (Å²) in [5.74, 6) is -1.32. The Morgan fingerprint density at radius 1 is 1.23 bits per heavy atom. The van der Waals surface area contributed by atoms with Crippen molar-refractivity contribution in [2.24, 2.45) is 0 Å². The van der Waals surface area contributed by atoms with Gasteiger partial charge < -0.3 is 5.32 Å². The van der Waals surface area contributed by atoms with Gasteiger partial charge in [-0.25, -0.2) is 12.8 Å². The molecule has 0 aliphatic rings. The van der Waals surface area contributed by atoms with Crippen molar-refractivity contribution in [2.75, 3.05) is 15.9 Å². The number of rotatable bonds is 7. The molecule has 1 aromatic heterocycles. The molecule has 0 radical (unpaired) electrons. The zero-order valence-corrected chi connectivity index (χ0v) is 18.4. The summed E-state index contributed by atoms with van der Waals surface area (Å²) in [4.78, 5) is 24.9. The number of hydrogen-bond acceptors (Lipinski definition) is 5. The van der Waals surface area contributed by atoms with Gasteiger partial charge in [-0.3, -0.25) is 18.5 Å². The molecule has 0 spiro atoms. The van der Waals surface area contributed by atoms with Crippen LogP contribution in [0.25, 0.3) is 10.2 Å². The highest BCUT2D eigenvalue weighted by Crippen LogP contribution is 2.27. The molecule has 2 aromatic carbocycles. The average molecular weight is 452 g/mol. The van der Waals surface area contributed by atoms with Gasteiger partial charge in [-0.05, 0) is 43.7 Å². The molecule has 0 saturated heterocycles. The minimum Gasteiger partial charge on any atom is -0.324 e. The van der Waals surface area contributed by atoms with Crippen LogP contribution in [-0.2, 0) is 21.4 Å². The van der Waals surface area contributed by atoms with E-state index in [2.05, 4.69) is 5.32 Å². The number of halogens is 1. The van der Waals surface area contributed by atoms with Gasteiger partial charge in [0.05, 0.1) is 22.2 Å². The highest BCUT2D eigenvalue weighted by atomic mass is 32.2. The third kappa shape index (κ3) is 4.24. The van der Waals surface area contributed by atoms with Gasteiger partial charge in [0.25, 0.3) is 0 Å². The zero-order valence-electron chi connectivity index (χ0n) is 16.8. The van der Waals surface area contributed by atoms with E-state index < -0.39 is 27.8 Å². The van der Waals surface area contributed by atoms with Crippen LogP contribution < -0.4 is 14.5 Å². The summed E-state index contributed by atoms with van der Waals surface area (Å²) in [6.45, 7) is 4.06. The SMILES string of the molecule is CCC(C(=O)Nc1ccc2c(c1)sc(=O)n2CC)N(c1ccccc1F)S(C)(=O)=O. The lowest BCUT2D eigenvalue weighted by molar-refractivity contribution is -0.117. The summed E-state index contributed by atoms with van der Waals surface area (Å²) in [5, 5.41) is 2.70. The third-order valence-corrected chi connectivity index (χ3v) is 6.78. The number of nitrogens with zero attached hydrogens (tertiary/aromatic N) is 2. The molecule has 3 rings (SSSR count). The van der Waals surface area contributed by atoms with Gasteiger partial charge in [-0.1, -0.05) is 30.4 Å². The molecule has 1 unspecified atom stereocenters. The van der Waals surface area contributed by atoms with Crippen LogP contribution in [0.5, 0.6) is 0 Å². The van der Waals surface area contributed by atoms with Gasteiger partial charge >= 0.3 is 4.87 Å². The standard InChI is InChI=1S/C20H22FN3O4S2/c1-4-15(24(30(3,27)28)16-9-7-6-8-14(16)21)19(25)22-13-10-11-17-18(12-13)29-20(26)23(17)5-2/h6-12,15H,4-5H2,1-3H3,(H,22,25). The van der Waals surface area contributed by atoms with Crippen LogP contribution in [-0.4, -0.2) is 31.2 Å². The second kappa shape index (κ2) is 8.57. The molecule has 0 bridgehead atoms. The lowest BCUT2D eigenvalue weighted by Gasteiger charge is -2.30. The highest BCUT2D eigenvalue weighted by molar-refractivity contribution is 7.92. The average Bonchev–Trinajstić information content (AvgIpc) is 2.99. The molecule has 30 heavy (non-hydrogen) atoms. The molecule has 3 aromatic rings. The summed E-state index contributed by atoms with van der Waals surface area (Å²) in [6.07, 6.45) is 1.07. The van der Waals surface area contributed by atoms with Crippen molar-refractivity contribution >= 4 is 48.9 Å². The first kappa shape index (κ1) is 22.0. The van der Waals surface area contributed by atoms with E-state index >= 15 is 0 Å². The van der Waals surface area contributed by atoms with Crippen LogP contribution in [0, 0.1) is 5.82 Å². The van der Waals surface area contributed by atoms with E-state index in [1.54, 1.807) is 29.7 Å². The third-order valence-electron chi connectivity index (χ3n) is 4.67. The number of thiazole rings is 1. The number of amides is 1. The fourth-order valence-corrected chi connectivity index (χ4v) is 5.54. The number of aromatic nitrogens is 1. The first-order valence-corrected chi connectivity index (χ1v) is 12.0. The maximum atomic E-state index is 14.3. The number of para-hydroxylation sites is 1. The zero-order chi connectivity index (χ0) is 22.1. The minimum absolute atomic E-state index is 0.0924. The molecule has 7 nitrogen and oxygen atoms in total. The van der Waals surface area contributed by atoms with E-state index in [1.807, 2.05) is 6.92 Å². The largest absolute Gasteiger partial charge is 0.324 e. The van der Waals surface area contributed by atoms with Gasteiger partial charge in [0.1, 0.15) is 11.9 Å². The molecule has 160 valence electrons. The molecule has 0 saturated carbocycles. The van der Waals surface area contributed by atoms with Crippen LogP contribution in [0.15, 0.2) is 47.3 Å². The van der Waals surface area contributed by atoms with E-state index in [1.165, 1.54) is 18.2 Å². The summed E-state index contributed by atoms with van der Waals surface area (Å²) in [6, 6.07) is 9.34. The fourth-order valence-electron chi connectivity index (χ4n) is 3.33. The lowest BCUT2D eigenvalue weighted by Crippen LogP contribution is -2.47. The van der Waals surface area contributed by atoms with Crippen molar-refractivity contribution in [1.82, 2.24) is 4.57 Å². The molecule has 1 N–H and O–H groups in total. The van der Waals surface area contributed by atoms with Crippen LogP contribution in [0.1, 0.15) is 20.3 Å². The predicted octanol–water partition coefficient (Wildman–Crippen LogP) is 3.41. The number of sulfonamides is 1. The van der Waals surface area contributed by atoms with E-state index in [0.717, 1.165) is 33.5 Å². The fraction of sp³-hybridized carbons (Fsp3) is 0.300. The van der Waals surface area contributed by atoms with Crippen LogP contribution in [0.3, 0.4) is 0 Å². The van der Waals surface area contributed by atoms with Gasteiger partial charge in [0, 0.05) is 12.2 Å². The maximum Gasteiger partial charge on any atom is 0.308 e. The smallest absolute Gasteiger partial charge is 0.308 e. The first-order valence-electron chi connectivity index (χ1n) is 9.35. The number of carbonyl (C=O) groups excluding carboxylic acids is 1. The van der Waals surface area contributed by atoms with Crippen LogP contribution in [0.2, 0.25) is 0 Å². The second-order valence-corrected chi connectivity index (χ2v) is 9.57. The molecule has 0 fully saturated rings. The molecule has 1 heterocycles. The van der Waals surface area contributed by atoms with Gasteiger partial charge in [0.2, 0.25) is 15.9 Å². The number of hydrogen-bond donors (Lipinski definition) is 1. The number of aryl methyl sites for hydroxylation is 1. The van der Waals surface area contributed by atoms with E-state index in [-0.39, 0.29) is 17.0 Å². The Balaban J connectivity index is 1.96. The lowest BCUT2D eigenvalue weighted by atomic mass is 10.1. The number of nitrogens with one attached hydrogen (secondary N) is 1. The molecule has 0 aliphatic carbocycles. The minimum atomic E-state index is -3.94. The first-order chi connectivity index (χ1) is 14.2. The van der Waals surface area contributed by atoms with Crippen molar-refractivity contribution in [3.05, 3.63) is 57.9 Å². The molecule has 1 amide bonds. The highest BCUT2D eigenvalue weighted by Gasteiger charge is 2.33. The van der Waals surface area contributed by atoms with Gasteiger partial charge in [-0.2, -0.15) is 0 Å². The van der Waals surface area contributed by atoms with E-state index in [9.17, 15) is 22.4 Å². The molecule has 0 aliphatic heterocycles. The van der Waals surface area contributed by atoms with Crippen molar-refractivity contribution in [2.45, 2.75) is 32.9 Å². The summed E-state index contributed by atoms with van der Waals surface area (Å²) >= 11 is 1.07. The second-order valence-electron chi connectivity index (χ2n) is 6.72. The Bertz CT molecular complexity index is 1250. The monoisotopic (exact) mass is 451 g/mol. The Kier molecular flexibility index (Phi) is 6.27. The Morgan fingerprint density at radius 3 is 2.53 bits per heavy atom. The van der Waals surface area contributed by atoms with Gasteiger partial charge in [0.15, 0.2) is 0 Å². The van der Waals surface area contributed by atoms with E-state index in [4.69, 9.17) is 0 Å². The number of fused-ring (bicyclic) bond motifs is 1. The molecule has 10 heteroatoms. The predicted molar refractivity (Wildman–Crippen MR) is 118 cm³/mol. The number of carbonyl (C=O) groups is 1. The normalized spacial score (nSPS) is 12.7. The number of anilines is 2. The quantitative estimate of drug-likeness (QED) is 0.596. The summed E-state index contributed by atoms with van der Waals surface area (Å²) < 4.78 is 42.3. The maximum absolute atomic E-state index is 14.3. The Labute approximate surface area is 177 Å². The topological polar surface area (TPSA) is 88.5 Å². The van der Waals surface area contributed by atoms with Crippen molar-refractivity contribution in [3.63, 3.8) is 0 Å². The Hall–Kier alpha value is -2.72. The summed E-state index contributed by atoms with van der Waals surface area (Å²) in [5.41, 5.74) is 1.01. The van der Waals surface area contributed by atoms with Crippen molar-refractivity contribution < 1.29 is 17.6 Å². The van der Waals surface area contributed by atoms with Crippen molar-refractivity contribution in [1.29, 1.82) is 0 Å². The van der Waals surface area contributed by atoms with E-state index in [0.29, 0.717) is 16.9 Å². The van der Waals surface area contributed by atoms with Crippen LogP contribution in [0.4, 0.5) is 15.8 Å². The number of benzene rings is 2. The molecule has 1 atom stereocenters. The molecular formula is C20H22FN3O4S2. The van der Waals surface area contributed by atoms with Crippen LogP contribution >= 0.6 is 11.3 Å². The Morgan fingerprint density at radius 2 is 1.93 bits per heavy atom. The van der Waals surface area contributed by atoms with Crippen molar-refractivity contribution in [3.8, 4) is 0 Å². The molecular weight excluding hydrogens is 429 g/mol.